The molecule has 1 aliphatic rings. The Labute approximate surface area is 129 Å². The van der Waals surface area contributed by atoms with Gasteiger partial charge in [0.15, 0.2) is 0 Å². The number of nitrogens with one attached hydrogen (secondary N) is 1. The van der Waals surface area contributed by atoms with Gasteiger partial charge in [-0.2, -0.15) is 0 Å². The molecule has 0 bridgehead atoms. The van der Waals surface area contributed by atoms with Crippen LogP contribution in [0.5, 0.6) is 0 Å². The first-order chi connectivity index (χ1) is 9.72. The van der Waals surface area contributed by atoms with Gasteiger partial charge in [-0.25, -0.2) is 0 Å². The molecule has 1 fully saturated rings. The van der Waals surface area contributed by atoms with E-state index in [9.17, 15) is 0 Å². The number of benzene rings is 1. The second kappa shape index (κ2) is 7.93. The number of aliphatic hydroxyl groups is 1. The molecule has 0 spiro atoms. The third kappa shape index (κ3) is 5.02. The summed E-state index contributed by atoms with van der Waals surface area (Å²) in [6.07, 6.45) is 4.51. The quantitative estimate of drug-likeness (QED) is 0.679. The fourth-order valence-electron chi connectivity index (χ4n) is 2.18. The summed E-state index contributed by atoms with van der Waals surface area (Å²) in [5, 5.41) is 12.6. The van der Waals surface area contributed by atoms with Gasteiger partial charge in [-0.05, 0) is 30.0 Å². The Morgan fingerprint density at radius 1 is 1.45 bits per heavy atom. The first-order valence-corrected chi connectivity index (χ1v) is 7.97. The van der Waals surface area contributed by atoms with E-state index in [-0.39, 0.29) is 6.61 Å². The van der Waals surface area contributed by atoms with Crippen molar-refractivity contribution in [3.63, 3.8) is 0 Å². The van der Waals surface area contributed by atoms with E-state index < -0.39 is 0 Å². The molecule has 2 N–H and O–H groups in total. The summed E-state index contributed by atoms with van der Waals surface area (Å²) in [5.74, 6) is 0. The number of aliphatic hydroxyl groups excluding tert-OH is 1. The summed E-state index contributed by atoms with van der Waals surface area (Å²) >= 11 is 3.66. The molecule has 0 aliphatic heterocycles. The van der Waals surface area contributed by atoms with Crippen molar-refractivity contribution in [3.05, 3.63) is 46.5 Å². The maximum atomic E-state index is 9.09. The molecule has 1 aromatic carbocycles. The van der Waals surface area contributed by atoms with Crippen molar-refractivity contribution in [2.24, 2.45) is 0 Å². The van der Waals surface area contributed by atoms with Crippen molar-refractivity contribution in [3.8, 4) is 0 Å². The Morgan fingerprint density at radius 2 is 2.25 bits per heavy atom. The van der Waals surface area contributed by atoms with E-state index in [0.29, 0.717) is 6.54 Å². The van der Waals surface area contributed by atoms with Crippen LogP contribution in [0.1, 0.15) is 24.0 Å². The highest BCUT2D eigenvalue weighted by molar-refractivity contribution is 9.10. The predicted molar refractivity (Wildman–Crippen MR) is 86.6 cm³/mol. The van der Waals surface area contributed by atoms with Crippen LogP contribution >= 0.6 is 15.9 Å². The van der Waals surface area contributed by atoms with E-state index in [2.05, 4.69) is 50.9 Å². The van der Waals surface area contributed by atoms with Gasteiger partial charge < -0.3 is 10.4 Å². The second-order valence-corrected chi connectivity index (χ2v) is 6.18. The van der Waals surface area contributed by atoms with Gasteiger partial charge in [0.2, 0.25) is 0 Å². The van der Waals surface area contributed by atoms with Crippen molar-refractivity contribution in [2.45, 2.75) is 32.0 Å². The minimum absolute atomic E-state index is 0.175. The van der Waals surface area contributed by atoms with E-state index in [1.54, 1.807) is 0 Å². The molecule has 0 unspecified atom stereocenters. The highest BCUT2D eigenvalue weighted by atomic mass is 79.9. The summed E-state index contributed by atoms with van der Waals surface area (Å²) in [6, 6.07) is 7.28. The average Bonchev–Trinajstić information content (AvgIpc) is 3.24. The van der Waals surface area contributed by atoms with Crippen LogP contribution in [-0.4, -0.2) is 35.7 Å². The number of rotatable bonds is 9. The van der Waals surface area contributed by atoms with Crippen LogP contribution in [0, 0.1) is 0 Å². The van der Waals surface area contributed by atoms with E-state index >= 15 is 0 Å². The average molecular weight is 339 g/mol. The van der Waals surface area contributed by atoms with E-state index in [0.717, 1.165) is 30.1 Å². The van der Waals surface area contributed by atoms with Gasteiger partial charge in [-0.15, -0.1) is 6.58 Å². The summed E-state index contributed by atoms with van der Waals surface area (Å²) in [6.45, 7) is 7.16. The van der Waals surface area contributed by atoms with Crippen LogP contribution < -0.4 is 5.32 Å². The number of hydrogen-bond donors (Lipinski definition) is 2. The summed E-state index contributed by atoms with van der Waals surface area (Å²) in [7, 11) is 0. The molecule has 1 aliphatic carbocycles. The molecule has 20 heavy (non-hydrogen) atoms. The number of nitrogens with zero attached hydrogens (tertiary/aromatic N) is 1. The van der Waals surface area contributed by atoms with Crippen LogP contribution in [0.4, 0.5) is 0 Å². The monoisotopic (exact) mass is 338 g/mol. The second-order valence-electron chi connectivity index (χ2n) is 5.33. The standard InChI is InChI=1S/C16H23BrN2O/c1-2-7-19(8-9-20)12-14-4-3-13(10-16(14)17)11-18-15-5-6-15/h2-4,10,15,18,20H,1,5-9,11-12H2. The Bertz CT molecular complexity index is 446. The van der Waals surface area contributed by atoms with Crippen LogP contribution in [-0.2, 0) is 13.1 Å². The lowest BCUT2D eigenvalue weighted by Crippen LogP contribution is -2.26. The molecule has 0 atom stereocenters. The molecule has 0 saturated heterocycles. The molecule has 2 rings (SSSR count). The van der Waals surface area contributed by atoms with Gasteiger partial charge in [0.25, 0.3) is 0 Å². The third-order valence-corrected chi connectivity index (χ3v) is 4.23. The highest BCUT2D eigenvalue weighted by Crippen LogP contribution is 2.22. The number of halogens is 1. The topological polar surface area (TPSA) is 35.5 Å². The summed E-state index contributed by atoms with van der Waals surface area (Å²) in [4.78, 5) is 2.18. The molecule has 110 valence electrons. The molecular formula is C16H23BrN2O. The molecule has 0 aromatic heterocycles. The van der Waals surface area contributed by atoms with Gasteiger partial charge in [-0.3, -0.25) is 4.90 Å². The van der Waals surface area contributed by atoms with Gasteiger partial charge in [0, 0.05) is 36.7 Å². The van der Waals surface area contributed by atoms with Gasteiger partial charge >= 0.3 is 0 Å². The lowest BCUT2D eigenvalue weighted by molar-refractivity contribution is 0.203. The van der Waals surface area contributed by atoms with Crippen LogP contribution in [0.2, 0.25) is 0 Å². The maximum absolute atomic E-state index is 9.09. The Morgan fingerprint density at radius 3 is 2.85 bits per heavy atom. The van der Waals surface area contributed by atoms with Crippen molar-refractivity contribution >= 4 is 15.9 Å². The zero-order valence-corrected chi connectivity index (χ0v) is 13.4. The molecule has 0 radical (unpaired) electrons. The predicted octanol–water partition coefficient (Wildman–Crippen LogP) is 2.68. The normalized spacial score (nSPS) is 14.8. The molecule has 1 saturated carbocycles. The molecule has 0 heterocycles. The molecule has 0 amide bonds. The van der Waals surface area contributed by atoms with Crippen molar-refractivity contribution in [2.75, 3.05) is 19.7 Å². The summed E-state index contributed by atoms with van der Waals surface area (Å²) in [5.41, 5.74) is 2.56. The smallest absolute Gasteiger partial charge is 0.0558 e. The minimum atomic E-state index is 0.175. The molecule has 1 aromatic rings. The lowest BCUT2D eigenvalue weighted by Gasteiger charge is -2.20. The molecule has 4 heteroatoms. The van der Waals surface area contributed by atoms with E-state index in [1.807, 2.05) is 6.08 Å². The van der Waals surface area contributed by atoms with Crippen molar-refractivity contribution in [1.29, 1.82) is 0 Å². The Kier molecular flexibility index (Phi) is 6.23. The van der Waals surface area contributed by atoms with Crippen molar-refractivity contribution < 1.29 is 5.11 Å². The van der Waals surface area contributed by atoms with E-state index in [1.165, 1.54) is 24.0 Å². The zero-order chi connectivity index (χ0) is 14.4. The lowest BCUT2D eigenvalue weighted by atomic mass is 10.1. The molecule has 3 nitrogen and oxygen atoms in total. The van der Waals surface area contributed by atoms with Crippen molar-refractivity contribution in [1.82, 2.24) is 10.2 Å². The van der Waals surface area contributed by atoms with Crippen LogP contribution in [0.3, 0.4) is 0 Å². The largest absolute Gasteiger partial charge is 0.395 e. The minimum Gasteiger partial charge on any atom is -0.395 e. The van der Waals surface area contributed by atoms with E-state index in [4.69, 9.17) is 5.11 Å². The van der Waals surface area contributed by atoms with Gasteiger partial charge in [-0.1, -0.05) is 34.1 Å². The highest BCUT2D eigenvalue weighted by Gasteiger charge is 2.20. The first-order valence-electron chi connectivity index (χ1n) is 7.17. The number of hydrogen-bond acceptors (Lipinski definition) is 3. The first kappa shape index (κ1) is 15.7. The molecular weight excluding hydrogens is 316 g/mol. The van der Waals surface area contributed by atoms with Crippen LogP contribution in [0.25, 0.3) is 0 Å². The van der Waals surface area contributed by atoms with Crippen LogP contribution in [0.15, 0.2) is 35.3 Å². The SMILES string of the molecule is C=CCN(CCO)Cc1ccc(CNC2CC2)cc1Br. The zero-order valence-electron chi connectivity index (χ0n) is 11.8. The third-order valence-electron chi connectivity index (χ3n) is 3.49. The summed E-state index contributed by atoms with van der Waals surface area (Å²) < 4.78 is 1.14. The fraction of sp³-hybridized carbons (Fsp3) is 0.500. The van der Waals surface area contributed by atoms with Gasteiger partial charge in [0.1, 0.15) is 0 Å². The maximum Gasteiger partial charge on any atom is 0.0558 e. The van der Waals surface area contributed by atoms with Gasteiger partial charge in [0.05, 0.1) is 6.61 Å². The Hall–Kier alpha value is -0.680. The Balaban J connectivity index is 1.94. The fourth-order valence-corrected chi connectivity index (χ4v) is 2.73.